The molecule has 0 aliphatic rings. The molecule has 3 aromatic rings. The lowest BCUT2D eigenvalue weighted by molar-refractivity contribution is 0.0516. The van der Waals surface area contributed by atoms with Crippen molar-refractivity contribution in [3.05, 3.63) is 89.7 Å². The van der Waals surface area contributed by atoms with Crippen molar-refractivity contribution in [2.24, 2.45) is 5.16 Å². The Kier molecular flexibility index (Phi) is 4.57. The van der Waals surface area contributed by atoms with Crippen molar-refractivity contribution < 1.29 is 9.63 Å². The van der Waals surface area contributed by atoms with Gasteiger partial charge >= 0.3 is 5.97 Å². The number of carbonyl (C=O) groups is 1. The molecule has 1 aromatic heterocycles. The summed E-state index contributed by atoms with van der Waals surface area (Å²) in [6, 6.07) is 19.0. The van der Waals surface area contributed by atoms with Crippen LogP contribution in [0, 0.1) is 6.92 Å². The highest BCUT2D eigenvalue weighted by atomic mass is 16.7. The lowest BCUT2D eigenvalue weighted by atomic mass is 10.1. The number of hydrogen-bond donors (Lipinski definition) is 0. The fourth-order valence-electron chi connectivity index (χ4n) is 2.29. The molecule has 0 saturated heterocycles. The van der Waals surface area contributed by atoms with Crippen molar-refractivity contribution in [1.29, 1.82) is 0 Å². The Hall–Kier alpha value is -3.14. The number of aryl methyl sites for hydroxylation is 1. The van der Waals surface area contributed by atoms with Crippen molar-refractivity contribution in [3.8, 4) is 5.69 Å². The molecule has 4 nitrogen and oxygen atoms in total. The lowest BCUT2D eigenvalue weighted by Gasteiger charge is -2.05. The zero-order chi connectivity index (χ0) is 16.9. The zero-order valence-electron chi connectivity index (χ0n) is 13.6. The Morgan fingerprint density at radius 3 is 2.12 bits per heavy atom. The second-order valence-corrected chi connectivity index (χ2v) is 5.56. The van der Waals surface area contributed by atoms with Crippen LogP contribution in [-0.4, -0.2) is 16.2 Å². The van der Waals surface area contributed by atoms with Crippen LogP contribution in [0.3, 0.4) is 0 Å². The third-order valence-corrected chi connectivity index (χ3v) is 3.74. The number of benzene rings is 2. The largest absolute Gasteiger partial charge is 0.365 e. The molecule has 0 N–H and O–H groups in total. The van der Waals surface area contributed by atoms with Gasteiger partial charge in [0.1, 0.15) is 0 Å². The van der Waals surface area contributed by atoms with Gasteiger partial charge in [-0.1, -0.05) is 35.0 Å². The summed E-state index contributed by atoms with van der Waals surface area (Å²) in [4.78, 5) is 17.0. The predicted molar refractivity (Wildman–Crippen MR) is 94.6 cm³/mol. The summed E-state index contributed by atoms with van der Waals surface area (Å²) in [7, 11) is 0. The fourth-order valence-corrected chi connectivity index (χ4v) is 2.29. The molecule has 0 bridgehead atoms. The standard InChI is InChI=1S/C20H18N2O2/c1-15-5-7-18(8-6-15)20(23)24-21-16(2)17-9-11-19(12-10-17)22-13-3-4-14-22/h3-14H,1-2H3. The van der Waals surface area contributed by atoms with Gasteiger partial charge in [-0.3, -0.25) is 0 Å². The van der Waals surface area contributed by atoms with Crippen LogP contribution < -0.4 is 0 Å². The van der Waals surface area contributed by atoms with Gasteiger partial charge in [-0.2, -0.15) is 0 Å². The highest BCUT2D eigenvalue weighted by Crippen LogP contribution is 2.11. The van der Waals surface area contributed by atoms with Gasteiger partial charge in [0.2, 0.25) is 0 Å². The third-order valence-electron chi connectivity index (χ3n) is 3.74. The van der Waals surface area contributed by atoms with Crippen LogP contribution in [0.1, 0.15) is 28.4 Å². The van der Waals surface area contributed by atoms with E-state index in [-0.39, 0.29) is 0 Å². The second-order valence-electron chi connectivity index (χ2n) is 5.56. The molecular formula is C20H18N2O2. The Balaban J connectivity index is 1.69. The lowest BCUT2D eigenvalue weighted by Crippen LogP contribution is -2.04. The summed E-state index contributed by atoms with van der Waals surface area (Å²) in [5, 5.41) is 3.95. The van der Waals surface area contributed by atoms with E-state index in [1.807, 2.05) is 79.3 Å². The highest BCUT2D eigenvalue weighted by Gasteiger charge is 2.07. The molecule has 2 aromatic carbocycles. The van der Waals surface area contributed by atoms with E-state index in [2.05, 4.69) is 5.16 Å². The minimum atomic E-state index is -0.460. The van der Waals surface area contributed by atoms with E-state index < -0.39 is 5.97 Å². The third kappa shape index (κ3) is 3.60. The van der Waals surface area contributed by atoms with Gasteiger partial charge in [-0.25, -0.2) is 4.79 Å². The van der Waals surface area contributed by atoms with Crippen LogP contribution >= 0.6 is 0 Å². The van der Waals surface area contributed by atoms with Crippen LogP contribution in [0.25, 0.3) is 5.69 Å². The van der Waals surface area contributed by atoms with Crippen LogP contribution in [0.15, 0.2) is 78.2 Å². The number of hydrogen-bond acceptors (Lipinski definition) is 3. The molecular weight excluding hydrogens is 300 g/mol. The summed E-state index contributed by atoms with van der Waals surface area (Å²) in [5.74, 6) is -0.460. The normalized spacial score (nSPS) is 11.3. The van der Waals surface area contributed by atoms with Gasteiger partial charge in [-0.05, 0) is 55.8 Å². The van der Waals surface area contributed by atoms with Gasteiger partial charge in [0.05, 0.1) is 11.3 Å². The molecule has 0 spiro atoms. The maximum atomic E-state index is 12.0. The molecule has 0 atom stereocenters. The van der Waals surface area contributed by atoms with Crippen molar-refractivity contribution in [2.75, 3.05) is 0 Å². The first-order chi connectivity index (χ1) is 11.6. The van der Waals surface area contributed by atoms with Crippen LogP contribution in [0.2, 0.25) is 0 Å². The first kappa shape index (κ1) is 15.7. The summed E-state index contributed by atoms with van der Waals surface area (Å²) in [6.07, 6.45) is 3.97. The molecule has 0 saturated carbocycles. The van der Waals surface area contributed by atoms with Crippen LogP contribution in [0.4, 0.5) is 0 Å². The van der Waals surface area contributed by atoms with E-state index in [1.54, 1.807) is 12.1 Å². The molecule has 0 radical (unpaired) electrons. The molecule has 0 aliphatic heterocycles. The van der Waals surface area contributed by atoms with E-state index >= 15 is 0 Å². The molecule has 0 amide bonds. The van der Waals surface area contributed by atoms with Crippen molar-refractivity contribution in [3.63, 3.8) is 0 Å². The van der Waals surface area contributed by atoms with E-state index in [0.717, 1.165) is 16.8 Å². The highest BCUT2D eigenvalue weighted by molar-refractivity contribution is 5.99. The minimum absolute atomic E-state index is 0.460. The molecule has 1 heterocycles. The van der Waals surface area contributed by atoms with Crippen molar-refractivity contribution >= 4 is 11.7 Å². The van der Waals surface area contributed by atoms with Crippen LogP contribution in [-0.2, 0) is 4.84 Å². The number of oxime groups is 1. The number of aromatic nitrogens is 1. The maximum Gasteiger partial charge on any atom is 0.365 e. The summed E-state index contributed by atoms with van der Waals surface area (Å²) >= 11 is 0. The Morgan fingerprint density at radius 1 is 0.917 bits per heavy atom. The van der Waals surface area contributed by atoms with Gasteiger partial charge in [0, 0.05) is 18.1 Å². The van der Waals surface area contributed by atoms with E-state index in [1.165, 1.54) is 0 Å². The van der Waals surface area contributed by atoms with Crippen molar-refractivity contribution in [1.82, 2.24) is 4.57 Å². The van der Waals surface area contributed by atoms with Gasteiger partial charge in [0.15, 0.2) is 0 Å². The summed E-state index contributed by atoms with van der Waals surface area (Å²) < 4.78 is 2.02. The van der Waals surface area contributed by atoms with Gasteiger partial charge in [0.25, 0.3) is 0 Å². The monoisotopic (exact) mass is 318 g/mol. The molecule has 4 heteroatoms. The Labute approximate surface area is 141 Å². The molecule has 0 fully saturated rings. The van der Waals surface area contributed by atoms with E-state index in [0.29, 0.717) is 11.3 Å². The smallest absolute Gasteiger partial charge is 0.324 e. The Morgan fingerprint density at radius 2 is 1.50 bits per heavy atom. The first-order valence-corrected chi connectivity index (χ1v) is 7.70. The maximum absolute atomic E-state index is 12.0. The SMILES string of the molecule is CC(=NOC(=O)c1ccc(C)cc1)c1ccc(-n2cccc2)cc1. The fraction of sp³-hybridized carbons (Fsp3) is 0.100. The molecule has 0 aliphatic carbocycles. The van der Waals surface area contributed by atoms with Gasteiger partial charge < -0.3 is 9.40 Å². The second kappa shape index (κ2) is 6.96. The van der Waals surface area contributed by atoms with E-state index in [4.69, 9.17) is 4.84 Å². The summed E-state index contributed by atoms with van der Waals surface area (Å²) in [6.45, 7) is 3.78. The average molecular weight is 318 g/mol. The minimum Gasteiger partial charge on any atom is -0.324 e. The quantitative estimate of drug-likeness (QED) is 0.407. The summed E-state index contributed by atoms with van der Waals surface area (Å²) in [5.41, 5.74) is 4.19. The topological polar surface area (TPSA) is 43.6 Å². The van der Waals surface area contributed by atoms with E-state index in [9.17, 15) is 4.79 Å². The Bertz CT molecular complexity index is 846. The average Bonchev–Trinajstić information content (AvgIpc) is 3.15. The zero-order valence-corrected chi connectivity index (χ0v) is 13.6. The number of rotatable bonds is 4. The molecule has 24 heavy (non-hydrogen) atoms. The van der Waals surface area contributed by atoms with Crippen LogP contribution in [0.5, 0.6) is 0 Å². The number of nitrogens with zero attached hydrogens (tertiary/aromatic N) is 2. The molecule has 120 valence electrons. The van der Waals surface area contributed by atoms with Crippen molar-refractivity contribution in [2.45, 2.75) is 13.8 Å². The molecule has 0 unspecified atom stereocenters. The predicted octanol–water partition coefficient (Wildman–Crippen LogP) is 4.37. The van der Waals surface area contributed by atoms with Gasteiger partial charge in [-0.15, -0.1) is 0 Å². The number of carbonyl (C=O) groups excluding carboxylic acids is 1. The first-order valence-electron chi connectivity index (χ1n) is 7.70. The molecule has 3 rings (SSSR count).